The maximum Gasteiger partial charge on any atom is 0.115 e. The molecule has 0 radical (unpaired) electrons. The van der Waals surface area contributed by atoms with Gasteiger partial charge in [0.1, 0.15) is 5.75 Å². The van der Waals surface area contributed by atoms with Gasteiger partial charge in [-0.05, 0) is 82.4 Å². The second-order valence-electron chi connectivity index (χ2n) is 9.38. The minimum absolute atomic E-state index is 0.247. The lowest BCUT2D eigenvalue weighted by Gasteiger charge is -2.21. The van der Waals surface area contributed by atoms with Crippen molar-refractivity contribution < 1.29 is 5.11 Å². The van der Waals surface area contributed by atoms with Crippen LogP contribution in [0.1, 0.15) is 0 Å². The quantitative estimate of drug-likeness (QED) is 0.203. The summed E-state index contributed by atoms with van der Waals surface area (Å²) in [4.78, 5) is 0. The summed E-state index contributed by atoms with van der Waals surface area (Å²) in [7, 11) is 0. The molecule has 0 fully saturated rings. The van der Waals surface area contributed by atoms with E-state index in [2.05, 4.69) is 95.6 Å². The van der Waals surface area contributed by atoms with Crippen LogP contribution in [0.5, 0.6) is 5.75 Å². The van der Waals surface area contributed by atoms with E-state index in [-0.39, 0.29) is 5.75 Å². The lowest BCUT2D eigenvalue weighted by Crippen LogP contribution is -1.98. The van der Waals surface area contributed by atoms with Gasteiger partial charge in [0.05, 0.1) is 0 Å². The van der Waals surface area contributed by atoms with Gasteiger partial charge in [-0.1, -0.05) is 97.1 Å². The molecule has 0 bridgehead atoms. The molecular weight excluding hydrogens is 476 g/mol. The van der Waals surface area contributed by atoms with Gasteiger partial charge in [-0.15, -0.1) is 0 Å². The molecule has 3 nitrogen and oxygen atoms in total. The molecule has 0 amide bonds. The second kappa shape index (κ2) is 11.0. The number of anilines is 4. The summed E-state index contributed by atoms with van der Waals surface area (Å²) >= 11 is 0. The smallest absolute Gasteiger partial charge is 0.115 e. The van der Waals surface area contributed by atoms with Crippen LogP contribution in [0.15, 0.2) is 152 Å². The maximum absolute atomic E-state index is 10.1. The van der Waals surface area contributed by atoms with Crippen LogP contribution in [0.25, 0.3) is 33.4 Å². The highest BCUT2D eigenvalue weighted by Gasteiger charge is 2.18. The standard InChI is InChI=1S/C36H28N2O/c39-32-22-18-28(19-23-32)35-33(26-16-20-31(21-17-26)37-29-12-6-2-7-13-29)24-25-34(38-30-14-8-3-9-15-30)36(35)27-10-4-1-5-11-27/h1-25,37-39H. The van der Waals surface area contributed by atoms with E-state index in [0.717, 1.165) is 56.1 Å². The topological polar surface area (TPSA) is 44.3 Å². The minimum Gasteiger partial charge on any atom is -0.508 e. The van der Waals surface area contributed by atoms with E-state index in [1.807, 2.05) is 54.6 Å². The fourth-order valence-corrected chi connectivity index (χ4v) is 4.88. The molecule has 0 aliphatic carbocycles. The van der Waals surface area contributed by atoms with Crippen molar-refractivity contribution in [1.29, 1.82) is 0 Å². The number of phenols is 1. The lowest BCUT2D eigenvalue weighted by molar-refractivity contribution is 0.475. The van der Waals surface area contributed by atoms with Gasteiger partial charge in [-0.2, -0.15) is 0 Å². The monoisotopic (exact) mass is 504 g/mol. The summed E-state index contributed by atoms with van der Waals surface area (Å²) in [6.45, 7) is 0. The van der Waals surface area contributed by atoms with E-state index in [0.29, 0.717) is 0 Å². The number of hydrogen-bond donors (Lipinski definition) is 3. The predicted octanol–water partition coefficient (Wildman–Crippen LogP) is 9.88. The van der Waals surface area contributed by atoms with Crippen molar-refractivity contribution in [3.8, 4) is 39.1 Å². The first-order valence-corrected chi connectivity index (χ1v) is 13.0. The Labute approximate surface area is 229 Å². The van der Waals surface area contributed by atoms with Gasteiger partial charge in [0.2, 0.25) is 0 Å². The molecule has 6 aromatic rings. The second-order valence-corrected chi connectivity index (χ2v) is 9.38. The first-order valence-electron chi connectivity index (χ1n) is 13.0. The van der Waals surface area contributed by atoms with Crippen LogP contribution in [-0.4, -0.2) is 5.11 Å². The van der Waals surface area contributed by atoms with E-state index in [4.69, 9.17) is 0 Å². The van der Waals surface area contributed by atoms with Crippen LogP contribution in [-0.2, 0) is 0 Å². The number of para-hydroxylation sites is 2. The number of aromatic hydroxyl groups is 1. The third-order valence-corrected chi connectivity index (χ3v) is 6.73. The van der Waals surface area contributed by atoms with Crippen molar-refractivity contribution in [2.75, 3.05) is 10.6 Å². The molecule has 0 aliphatic heterocycles. The number of hydrogen-bond acceptors (Lipinski definition) is 3. The summed E-state index contributed by atoms with van der Waals surface area (Å²) in [5.41, 5.74) is 10.7. The van der Waals surface area contributed by atoms with E-state index >= 15 is 0 Å². The molecule has 0 spiro atoms. The van der Waals surface area contributed by atoms with Crippen LogP contribution in [0.3, 0.4) is 0 Å². The van der Waals surface area contributed by atoms with Gasteiger partial charge in [-0.3, -0.25) is 0 Å². The van der Waals surface area contributed by atoms with Gasteiger partial charge in [0, 0.05) is 28.3 Å². The Balaban J connectivity index is 1.52. The molecule has 0 saturated carbocycles. The normalized spacial score (nSPS) is 10.7. The molecule has 6 rings (SSSR count). The summed E-state index contributed by atoms with van der Waals surface area (Å²) < 4.78 is 0. The van der Waals surface area contributed by atoms with Crippen LogP contribution in [0.2, 0.25) is 0 Å². The lowest BCUT2D eigenvalue weighted by atomic mass is 9.86. The summed E-state index contributed by atoms with van der Waals surface area (Å²) in [5.74, 6) is 0.247. The fraction of sp³-hybridized carbons (Fsp3) is 0. The first kappa shape index (κ1) is 24.1. The van der Waals surface area contributed by atoms with Crippen LogP contribution in [0.4, 0.5) is 22.7 Å². The van der Waals surface area contributed by atoms with Crippen molar-refractivity contribution >= 4 is 22.7 Å². The van der Waals surface area contributed by atoms with Crippen molar-refractivity contribution in [3.05, 3.63) is 152 Å². The molecule has 188 valence electrons. The Hall–Kier alpha value is -5.28. The molecule has 3 N–H and O–H groups in total. The van der Waals surface area contributed by atoms with Gasteiger partial charge in [-0.25, -0.2) is 0 Å². The molecule has 39 heavy (non-hydrogen) atoms. The average Bonchev–Trinajstić information content (AvgIpc) is 2.99. The predicted molar refractivity (Wildman–Crippen MR) is 164 cm³/mol. The van der Waals surface area contributed by atoms with Gasteiger partial charge >= 0.3 is 0 Å². The van der Waals surface area contributed by atoms with E-state index < -0.39 is 0 Å². The Bertz CT molecular complexity index is 1660. The number of nitrogens with one attached hydrogen (secondary N) is 2. The third kappa shape index (κ3) is 5.39. The highest BCUT2D eigenvalue weighted by Crippen LogP contribution is 2.45. The molecule has 0 saturated heterocycles. The third-order valence-electron chi connectivity index (χ3n) is 6.73. The Morgan fingerprint density at radius 2 is 0.846 bits per heavy atom. The fourth-order valence-electron chi connectivity index (χ4n) is 4.88. The summed E-state index contributed by atoms with van der Waals surface area (Å²) in [6, 6.07) is 51.2. The van der Waals surface area contributed by atoms with Gasteiger partial charge in [0.15, 0.2) is 0 Å². The van der Waals surface area contributed by atoms with Crippen molar-refractivity contribution in [3.63, 3.8) is 0 Å². The molecule has 0 aliphatic rings. The zero-order valence-corrected chi connectivity index (χ0v) is 21.4. The Kier molecular flexibility index (Phi) is 6.79. The van der Waals surface area contributed by atoms with E-state index in [1.165, 1.54) is 0 Å². The van der Waals surface area contributed by atoms with Gasteiger partial charge < -0.3 is 15.7 Å². The van der Waals surface area contributed by atoms with Crippen molar-refractivity contribution in [2.45, 2.75) is 0 Å². The molecule has 6 aromatic carbocycles. The summed E-state index contributed by atoms with van der Waals surface area (Å²) in [5, 5.41) is 17.2. The molecule has 3 heteroatoms. The Morgan fingerprint density at radius 3 is 1.46 bits per heavy atom. The molecule has 0 atom stereocenters. The van der Waals surface area contributed by atoms with E-state index in [9.17, 15) is 5.11 Å². The molecule has 0 unspecified atom stereocenters. The highest BCUT2D eigenvalue weighted by molar-refractivity contribution is 6.01. The Morgan fingerprint density at radius 1 is 0.359 bits per heavy atom. The molecular formula is C36H28N2O. The number of phenolic OH excluding ortho intramolecular Hbond substituents is 1. The molecule has 0 heterocycles. The van der Waals surface area contributed by atoms with Crippen molar-refractivity contribution in [1.82, 2.24) is 0 Å². The maximum atomic E-state index is 10.1. The SMILES string of the molecule is Oc1ccc(-c2c(-c3ccc(Nc4ccccc4)cc3)ccc(Nc3ccccc3)c2-c2ccccc2)cc1. The van der Waals surface area contributed by atoms with Crippen LogP contribution >= 0.6 is 0 Å². The first-order chi connectivity index (χ1) is 19.2. The molecule has 0 aromatic heterocycles. The zero-order chi connectivity index (χ0) is 26.4. The van der Waals surface area contributed by atoms with Gasteiger partial charge in [0.25, 0.3) is 0 Å². The zero-order valence-electron chi connectivity index (χ0n) is 21.4. The number of benzene rings is 6. The number of rotatable bonds is 7. The van der Waals surface area contributed by atoms with Crippen LogP contribution in [0, 0.1) is 0 Å². The largest absolute Gasteiger partial charge is 0.508 e. The van der Waals surface area contributed by atoms with Crippen molar-refractivity contribution in [2.24, 2.45) is 0 Å². The highest BCUT2D eigenvalue weighted by atomic mass is 16.3. The summed E-state index contributed by atoms with van der Waals surface area (Å²) in [6.07, 6.45) is 0. The van der Waals surface area contributed by atoms with E-state index in [1.54, 1.807) is 12.1 Å². The minimum atomic E-state index is 0.247. The average molecular weight is 505 g/mol. The van der Waals surface area contributed by atoms with Crippen LogP contribution < -0.4 is 10.6 Å².